The summed E-state index contributed by atoms with van der Waals surface area (Å²) in [6.07, 6.45) is 13.5. The summed E-state index contributed by atoms with van der Waals surface area (Å²) in [7, 11) is 0. The van der Waals surface area contributed by atoms with Gasteiger partial charge in [-0.25, -0.2) is 9.67 Å². The minimum absolute atomic E-state index is 0.155. The lowest BCUT2D eigenvalue weighted by atomic mass is 9.44. The van der Waals surface area contributed by atoms with Crippen LogP contribution >= 0.6 is 0 Å². The van der Waals surface area contributed by atoms with Crippen molar-refractivity contribution in [2.75, 3.05) is 0 Å². The standard InChI is InChI=1S/C24H37N3O2/c1-22(29)10-11-23(2)16(12-22)4-5-17-18-6-7-20(24(18,3)9-8-19(17)23)21(28)13-27-15-25-14-26-27/h14-20,29H,4-13H2,1-3H3/t16-,17+,18+,19+,20-,22-,23+,24+/m1/s1. The van der Waals surface area contributed by atoms with Gasteiger partial charge in [0.2, 0.25) is 0 Å². The molecule has 0 radical (unpaired) electrons. The molecule has 0 saturated heterocycles. The molecule has 4 saturated carbocycles. The van der Waals surface area contributed by atoms with Crippen LogP contribution in [0.3, 0.4) is 0 Å². The zero-order valence-electron chi connectivity index (χ0n) is 18.3. The van der Waals surface area contributed by atoms with E-state index in [1.54, 1.807) is 11.0 Å². The molecule has 4 aliphatic rings. The Morgan fingerprint density at radius 1 is 1.03 bits per heavy atom. The van der Waals surface area contributed by atoms with Gasteiger partial charge in [-0.2, -0.15) is 5.10 Å². The molecular weight excluding hydrogens is 362 g/mol. The molecule has 0 aliphatic heterocycles. The fourth-order valence-electron chi connectivity index (χ4n) is 8.54. The van der Waals surface area contributed by atoms with Crippen LogP contribution in [0.2, 0.25) is 0 Å². The summed E-state index contributed by atoms with van der Waals surface area (Å²) in [5.74, 6) is 3.43. The van der Waals surface area contributed by atoms with Gasteiger partial charge >= 0.3 is 0 Å². The fourth-order valence-corrected chi connectivity index (χ4v) is 8.54. The number of carbonyl (C=O) groups excluding carboxylic acids is 1. The number of fused-ring (bicyclic) bond motifs is 5. The second-order valence-electron chi connectivity index (χ2n) is 11.6. The average Bonchev–Trinajstić information content (AvgIpc) is 3.29. The monoisotopic (exact) mass is 399 g/mol. The molecule has 0 bridgehead atoms. The molecule has 4 aliphatic carbocycles. The Balaban J connectivity index is 1.36. The van der Waals surface area contributed by atoms with Crippen molar-refractivity contribution in [1.82, 2.24) is 14.8 Å². The lowest BCUT2D eigenvalue weighted by molar-refractivity contribution is -0.151. The Morgan fingerprint density at radius 2 is 1.83 bits per heavy atom. The summed E-state index contributed by atoms with van der Waals surface area (Å²) in [5, 5.41) is 14.8. The first-order chi connectivity index (χ1) is 13.7. The number of hydrogen-bond donors (Lipinski definition) is 1. The molecule has 1 aromatic heterocycles. The highest BCUT2D eigenvalue weighted by atomic mass is 16.3. The van der Waals surface area contributed by atoms with Crippen LogP contribution in [0.25, 0.3) is 0 Å². The summed E-state index contributed by atoms with van der Waals surface area (Å²) in [4.78, 5) is 17.2. The highest BCUT2D eigenvalue weighted by molar-refractivity contribution is 5.82. The fraction of sp³-hybridized carbons (Fsp3) is 0.875. The van der Waals surface area contributed by atoms with E-state index in [4.69, 9.17) is 0 Å². The van der Waals surface area contributed by atoms with Gasteiger partial charge in [0, 0.05) is 5.92 Å². The van der Waals surface area contributed by atoms with E-state index in [0.29, 0.717) is 29.6 Å². The van der Waals surface area contributed by atoms with Crippen LogP contribution in [0.5, 0.6) is 0 Å². The summed E-state index contributed by atoms with van der Waals surface area (Å²) >= 11 is 0. The van der Waals surface area contributed by atoms with Gasteiger partial charge in [0.1, 0.15) is 19.2 Å². The first-order valence-electron chi connectivity index (χ1n) is 11.8. The number of hydrogen-bond acceptors (Lipinski definition) is 4. The smallest absolute Gasteiger partial charge is 0.157 e. The molecule has 5 nitrogen and oxygen atoms in total. The van der Waals surface area contributed by atoms with E-state index >= 15 is 0 Å². The van der Waals surface area contributed by atoms with Gasteiger partial charge < -0.3 is 5.11 Å². The second-order valence-corrected chi connectivity index (χ2v) is 11.6. The van der Waals surface area contributed by atoms with E-state index in [-0.39, 0.29) is 11.3 Å². The van der Waals surface area contributed by atoms with Gasteiger partial charge in [0.15, 0.2) is 5.78 Å². The maximum atomic E-state index is 13.2. The van der Waals surface area contributed by atoms with Gasteiger partial charge in [-0.05, 0) is 99.2 Å². The van der Waals surface area contributed by atoms with E-state index in [9.17, 15) is 9.90 Å². The summed E-state index contributed by atoms with van der Waals surface area (Å²) in [5.41, 5.74) is 0.0733. The lowest BCUT2D eigenvalue weighted by Crippen LogP contribution is -2.55. The number of Topliss-reactive ketones (excluding diaryl/α,β-unsaturated/α-hetero) is 1. The Hall–Kier alpha value is -1.23. The SMILES string of the molecule is C[C@@]1(O)CC[C@@]2(C)[C@H](CC[C@@H]3[C@@H]2CC[C@]2(C)[C@@H](C(=O)Cn4cncn4)CC[C@@H]32)C1. The van der Waals surface area contributed by atoms with Crippen molar-refractivity contribution in [2.24, 2.45) is 40.4 Å². The minimum atomic E-state index is -0.466. The lowest BCUT2D eigenvalue weighted by Gasteiger charge is -2.61. The van der Waals surface area contributed by atoms with E-state index in [1.165, 1.54) is 44.9 Å². The van der Waals surface area contributed by atoms with Crippen molar-refractivity contribution in [3.63, 3.8) is 0 Å². The van der Waals surface area contributed by atoms with Gasteiger partial charge in [0.25, 0.3) is 0 Å². The van der Waals surface area contributed by atoms with E-state index in [1.807, 2.05) is 6.92 Å². The molecule has 29 heavy (non-hydrogen) atoms. The summed E-state index contributed by atoms with van der Waals surface area (Å²) in [6.45, 7) is 7.37. The molecule has 0 amide bonds. The minimum Gasteiger partial charge on any atom is -0.390 e. The summed E-state index contributed by atoms with van der Waals surface area (Å²) < 4.78 is 1.69. The van der Waals surface area contributed by atoms with E-state index < -0.39 is 5.60 Å². The highest BCUT2D eigenvalue weighted by Crippen LogP contribution is 2.68. The molecule has 1 heterocycles. The van der Waals surface area contributed by atoms with Crippen LogP contribution in [0.4, 0.5) is 0 Å². The Labute approximate surface area is 174 Å². The first-order valence-corrected chi connectivity index (χ1v) is 11.8. The Bertz CT molecular complexity index is 775. The zero-order valence-corrected chi connectivity index (χ0v) is 18.3. The van der Waals surface area contributed by atoms with Crippen molar-refractivity contribution in [2.45, 2.75) is 90.7 Å². The molecule has 1 aromatic rings. The van der Waals surface area contributed by atoms with E-state index in [2.05, 4.69) is 23.9 Å². The number of aromatic nitrogens is 3. The van der Waals surface area contributed by atoms with Crippen molar-refractivity contribution in [3.05, 3.63) is 12.7 Å². The molecular formula is C24H37N3O2. The predicted octanol–water partition coefficient (Wildman–Crippen LogP) is 4.26. The molecule has 4 fully saturated rings. The second kappa shape index (κ2) is 6.63. The van der Waals surface area contributed by atoms with Crippen LogP contribution in [-0.4, -0.2) is 31.3 Å². The molecule has 8 atom stereocenters. The Morgan fingerprint density at radius 3 is 2.59 bits per heavy atom. The molecule has 0 spiro atoms. The molecule has 0 aromatic carbocycles. The number of rotatable bonds is 3. The van der Waals surface area contributed by atoms with Crippen molar-refractivity contribution in [3.8, 4) is 0 Å². The van der Waals surface area contributed by atoms with Crippen LogP contribution in [0, 0.1) is 40.4 Å². The summed E-state index contributed by atoms with van der Waals surface area (Å²) in [6, 6.07) is 0. The van der Waals surface area contributed by atoms with Crippen LogP contribution in [0.1, 0.15) is 78.6 Å². The van der Waals surface area contributed by atoms with Crippen LogP contribution in [-0.2, 0) is 11.3 Å². The average molecular weight is 400 g/mol. The molecule has 5 rings (SSSR count). The quantitative estimate of drug-likeness (QED) is 0.825. The predicted molar refractivity (Wildman–Crippen MR) is 111 cm³/mol. The van der Waals surface area contributed by atoms with Crippen LogP contribution in [0.15, 0.2) is 12.7 Å². The highest BCUT2D eigenvalue weighted by Gasteiger charge is 2.61. The first kappa shape index (κ1) is 19.7. The van der Waals surface area contributed by atoms with Gasteiger partial charge in [-0.15, -0.1) is 0 Å². The zero-order chi connectivity index (χ0) is 20.4. The Kier molecular flexibility index (Phi) is 4.51. The van der Waals surface area contributed by atoms with Gasteiger partial charge in [0.05, 0.1) is 5.60 Å². The van der Waals surface area contributed by atoms with Crippen molar-refractivity contribution >= 4 is 5.78 Å². The van der Waals surface area contributed by atoms with Gasteiger partial charge in [-0.1, -0.05) is 13.8 Å². The number of carbonyl (C=O) groups is 1. The molecule has 5 heteroatoms. The largest absolute Gasteiger partial charge is 0.390 e. The number of ketones is 1. The van der Waals surface area contributed by atoms with E-state index in [0.717, 1.165) is 31.1 Å². The normalized spacial score (nSPS) is 49.2. The molecule has 0 unspecified atom stereocenters. The maximum absolute atomic E-state index is 13.2. The third kappa shape index (κ3) is 3.02. The van der Waals surface area contributed by atoms with Gasteiger partial charge in [-0.3, -0.25) is 4.79 Å². The van der Waals surface area contributed by atoms with Crippen molar-refractivity contribution in [1.29, 1.82) is 0 Å². The number of aliphatic hydroxyl groups is 1. The molecule has 160 valence electrons. The molecule has 1 N–H and O–H groups in total. The topological polar surface area (TPSA) is 68.0 Å². The third-order valence-electron chi connectivity index (χ3n) is 10.1. The third-order valence-corrected chi connectivity index (χ3v) is 10.1. The van der Waals surface area contributed by atoms with Crippen molar-refractivity contribution < 1.29 is 9.90 Å². The van der Waals surface area contributed by atoms with Crippen LogP contribution < -0.4 is 0 Å². The maximum Gasteiger partial charge on any atom is 0.157 e. The number of nitrogens with zero attached hydrogens (tertiary/aromatic N) is 3.